The van der Waals surface area contributed by atoms with Gasteiger partial charge in [-0.3, -0.25) is 4.79 Å². The SMILES string of the molecule is CCCCCCCCCCCCNC(=O)[C@@H]1CCN1. The van der Waals surface area contributed by atoms with E-state index < -0.39 is 0 Å². The van der Waals surface area contributed by atoms with Gasteiger partial charge in [0.25, 0.3) is 0 Å². The Kier molecular flexibility index (Phi) is 9.78. The Hall–Kier alpha value is -0.570. The molecule has 1 saturated heterocycles. The van der Waals surface area contributed by atoms with Gasteiger partial charge in [-0.05, 0) is 19.4 Å². The number of unbranched alkanes of at least 4 members (excludes halogenated alkanes) is 9. The summed E-state index contributed by atoms with van der Waals surface area (Å²) in [5.74, 6) is 0.196. The number of nitrogens with one attached hydrogen (secondary N) is 2. The molecule has 1 atom stereocenters. The van der Waals surface area contributed by atoms with Crippen LogP contribution in [0.15, 0.2) is 0 Å². The highest BCUT2D eigenvalue weighted by Gasteiger charge is 2.23. The zero-order chi connectivity index (χ0) is 13.8. The van der Waals surface area contributed by atoms with E-state index in [1.807, 2.05) is 0 Å². The Morgan fingerprint density at radius 3 is 2.00 bits per heavy atom. The maximum absolute atomic E-state index is 11.5. The summed E-state index contributed by atoms with van der Waals surface area (Å²) in [7, 11) is 0. The molecule has 0 aromatic rings. The van der Waals surface area contributed by atoms with Crippen LogP contribution in [0.4, 0.5) is 0 Å². The van der Waals surface area contributed by atoms with E-state index >= 15 is 0 Å². The molecule has 0 aromatic heterocycles. The molecule has 19 heavy (non-hydrogen) atoms. The number of carbonyl (C=O) groups excluding carboxylic acids is 1. The van der Waals surface area contributed by atoms with E-state index in [1.54, 1.807) is 0 Å². The van der Waals surface area contributed by atoms with Gasteiger partial charge in [0.2, 0.25) is 5.91 Å². The van der Waals surface area contributed by atoms with E-state index in [0.717, 1.165) is 25.9 Å². The normalized spacial score (nSPS) is 18.1. The molecule has 112 valence electrons. The summed E-state index contributed by atoms with van der Waals surface area (Å²) >= 11 is 0. The molecule has 3 heteroatoms. The second kappa shape index (κ2) is 11.3. The average Bonchev–Trinajstić information content (AvgIpc) is 2.34. The molecule has 0 aromatic carbocycles. The highest BCUT2D eigenvalue weighted by atomic mass is 16.2. The molecule has 1 rings (SSSR count). The van der Waals surface area contributed by atoms with Crippen LogP contribution in [0.5, 0.6) is 0 Å². The number of rotatable bonds is 12. The quantitative estimate of drug-likeness (QED) is 0.533. The van der Waals surface area contributed by atoms with Crippen molar-refractivity contribution in [3.8, 4) is 0 Å². The van der Waals surface area contributed by atoms with Crippen LogP contribution in [0.1, 0.15) is 77.6 Å². The van der Waals surface area contributed by atoms with Gasteiger partial charge in [0.05, 0.1) is 6.04 Å². The molecule has 1 amide bonds. The van der Waals surface area contributed by atoms with Crippen LogP contribution in [0.2, 0.25) is 0 Å². The van der Waals surface area contributed by atoms with E-state index in [4.69, 9.17) is 0 Å². The predicted molar refractivity (Wildman–Crippen MR) is 81.3 cm³/mol. The molecule has 1 fully saturated rings. The van der Waals surface area contributed by atoms with Gasteiger partial charge in [-0.2, -0.15) is 0 Å². The molecule has 1 aliphatic heterocycles. The molecule has 0 aliphatic carbocycles. The zero-order valence-electron chi connectivity index (χ0n) is 12.7. The van der Waals surface area contributed by atoms with E-state index in [0.29, 0.717) is 0 Å². The number of hydrogen-bond donors (Lipinski definition) is 2. The monoisotopic (exact) mass is 268 g/mol. The summed E-state index contributed by atoms with van der Waals surface area (Å²) in [6.07, 6.45) is 14.4. The van der Waals surface area contributed by atoms with Crippen molar-refractivity contribution in [2.24, 2.45) is 0 Å². The lowest BCUT2D eigenvalue weighted by Gasteiger charge is -2.26. The van der Waals surface area contributed by atoms with Gasteiger partial charge in [0.15, 0.2) is 0 Å². The van der Waals surface area contributed by atoms with Crippen LogP contribution in [-0.2, 0) is 4.79 Å². The maximum Gasteiger partial charge on any atom is 0.237 e. The van der Waals surface area contributed by atoms with Gasteiger partial charge in [0, 0.05) is 6.54 Å². The fourth-order valence-electron chi connectivity index (χ4n) is 2.46. The highest BCUT2D eigenvalue weighted by Crippen LogP contribution is 2.10. The zero-order valence-corrected chi connectivity index (χ0v) is 12.7. The minimum Gasteiger partial charge on any atom is -0.355 e. The van der Waals surface area contributed by atoms with Crippen molar-refractivity contribution in [1.82, 2.24) is 10.6 Å². The molecule has 1 heterocycles. The standard InChI is InChI=1S/C16H32N2O/c1-2-3-4-5-6-7-8-9-10-11-13-18-16(19)15-12-14-17-15/h15,17H,2-14H2,1H3,(H,18,19)/t15-/m0/s1. The molecule has 0 unspecified atom stereocenters. The van der Waals surface area contributed by atoms with Gasteiger partial charge in [-0.25, -0.2) is 0 Å². The topological polar surface area (TPSA) is 41.1 Å². The van der Waals surface area contributed by atoms with Crippen LogP contribution >= 0.6 is 0 Å². The van der Waals surface area contributed by atoms with Gasteiger partial charge in [0.1, 0.15) is 0 Å². The van der Waals surface area contributed by atoms with Crippen molar-refractivity contribution in [2.75, 3.05) is 13.1 Å². The summed E-state index contributed by atoms with van der Waals surface area (Å²) in [5.41, 5.74) is 0. The van der Waals surface area contributed by atoms with Gasteiger partial charge in [-0.15, -0.1) is 0 Å². The Morgan fingerprint density at radius 2 is 1.53 bits per heavy atom. The Morgan fingerprint density at radius 1 is 1.00 bits per heavy atom. The predicted octanol–water partition coefficient (Wildman–Crippen LogP) is 3.39. The molecule has 1 aliphatic rings. The van der Waals surface area contributed by atoms with Crippen molar-refractivity contribution in [1.29, 1.82) is 0 Å². The largest absolute Gasteiger partial charge is 0.355 e. The Labute approximate surface area is 118 Å². The molecule has 0 radical (unpaired) electrons. The molecule has 0 spiro atoms. The van der Waals surface area contributed by atoms with Crippen LogP contribution in [-0.4, -0.2) is 25.0 Å². The third-order valence-corrected chi connectivity index (χ3v) is 3.97. The highest BCUT2D eigenvalue weighted by molar-refractivity contribution is 5.82. The van der Waals surface area contributed by atoms with E-state index in [2.05, 4.69) is 17.6 Å². The first-order valence-corrected chi connectivity index (χ1v) is 8.35. The molecule has 0 saturated carbocycles. The summed E-state index contributed by atoms with van der Waals surface area (Å²) in [4.78, 5) is 11.5. The summed E-state index contributed by atoms with van der Waals surface area (Å²) in [6.45, 7) is 4.11. The fraction of sp³-hybridized carbons (Fsp3) is 0.938. The van der Waals surface area contributed by atoms with Crippen molar-refractivity contribution in [3.63, 3.8) is 0 Å². The molecule has 2 N–H and O–H groups in total. The minimum absolute atomic E-state index is 0.100. The summed E-state index contributed by atoms with van der Waals surface area (Å²) in [5, 5.41) is 6.13. The second-order valence-electron chi connectivity index (χ2n) is 5.77. The average molecular weight is 268 g/mol. The van der Waals surface area contributed by atoms with Crippen molar-refractivity contribution in [2.45, 2.75) is 83.6 Å². The minimum atomic E-state index is 0.100. The third-order valence-electron chi connectivity index (χ3n) is 3.97. The van der Waals surface area contributed by atoms with Crippen LogP contribution in [0.25, 0.3) is 0 Å². The van der Waals surface area contributed by atoms with Gasteiger partial charge < -0.3 is 10.6 Å². The lowest BCUT2D eigenvalue weighted by Crippen LogP contribution is -2.53. The third kappa shape index (κ3) is 8.25. The number of hydrogen-bond acceptors (Lipinski definition) is 2. The van der Waals surface area contributed by atoms with Crippen molar-refractivity contribution < 1.29 is 4.79 Å². The Bertz CT molecular complexity index is 227. The number of carbonyl (C=O) groups is 1. The first-order chi connectivity index (χ1) is 9.34. The first-order valence-electron chi connectivity index (χ1n) is 8.35. The van der Waals surface area contributed by atoms with E-state index in [9.17, 15) is 4.79 Å². The molecule has 0 bridgehead atoms. The summed E-state index contributed by atoms with van der Waals surface area (Å²) in [6, 6.07) is 0.100. The van der Waals surface area contributed by atoms with E-state index in [1.165, 1.54) is 57.8 Å². The smallest absolute Gasteiger partial charge is 0.237 e. The van der Waals surface area contributed by atoms with Crippen LogP contribution in [0.3, 0.4) is 0 Å². The van der Waals surface area contributed by atoms with Crippen molar-refractivity contribution in [3.05, 3.63) is 0 Å². The van der Waals surface area contributed by atoms with Crippen LogP contribution in [0, 0.1) is 0 Å². The Balaban J connectivity index is 1.72. The van der Waals surface area contributed by atoms with Crippen molar-refractivity contribution >= 4 is 5.91 Å². The molecular weight excluding hydrogens is 236 g/mol. The lowest BCUT2D eigenvalue weighted by molar-refractivity contribution is -0.124. The first kappa shape index (κ1) is 16.5. The van der Waals surface area contributed by atoms with E-state index in [-0.39, 0.29) is 11.9 Å². The second-order valence-corrected chi connectivity index (χ2v) is 5.77. The maximum atomic E-state index is 11.5. The van der Waals surface area contributed by atoms with Gasteiger partial charge in [-0.1, -0.05) is 64.7 Å². The summed E-state index contributed by atoms with van der Waals surface area (Å²) < 4.78 is 0. The fourth-order valence-corrected chi connectivity index (χ4v) is 2.46. The van der Waals surface area contributed by atoms with Crippen LogP contribution < -0.4 is 10.6 Å². The number of amides is 1. The molecular formula is C16H32N2O. The van der Waals surface area contributed by atoms with Gasteiger partial charge >= 0.3 is 0 Å². The lowest BCUT2D eigenvalue weighted by atomic mass is 10.1. The molecule has 3 nitrogen and oxygen atoms in total.